The largest absolute Gasteiger partial charge is 0.416 e. The lowest BCUT2D eigenvalue weighted by Gasteiger charge is -2.30. The molecule has 32 heavy (non-hydrogen) atoms. The number of rotatable bonds is 4. The Morgan fingerprint density at radius 1 is 0.969 bits per heavy atom. The van der Waals surface area contributed by atoms with E-state index in [4.69, 9.17) is 11.6 Å². The van der Waals surface area contributed by atoms with Crippen LogP contribution >= 0.6 is 11.6 Å². The van der Waals surface area contributed by atoms with Gasteiger partial charge >= 0.3 is 12.2 Å². The van der Waals surface area contributed by atoms with Crippen molar-refractivity contribution < 1.29 is 18.0 Å². The second kappa shape index (κ2) is 9.24. The number of anilines is 2. The van der Waals surface area contributed by atoms with Gasteiger partial charge in [0.2, 0.25) is 0 Å². The molecule has 0 aliphatic heterocycles. The van der Waals surface area contributed by atoms with E-state index >= 15 is 0 Å². The number of carbonyl (C=O) groups excluding carboxylic acids is 1. The van der Waals surface area contributed by atoms with Gasteiger partial charge in [-0.25, -0.2) is 4.79 Å². The van der Waals surface area contributed by atoms with E-state index in [1.165, 1.54) is 12.1 Å². The summed E-state index contributed by atoms with van der Waals surface area (Å²) in [6.07, 6.45) is 0.702. The highest BCUT2D eigenvalue weighted by Gasteiger charge is 2.30. The van der Waals surface area contributed by atoms with Crippen LogP contribution in [-0.4, -0.2) is 23.1 Å². The summed E-state index contributed by atoms with van der Waals surface area (Å²) in [5, 5.41) is 10.7. The van der Waals surface area contributed by atoms with Crippen molar-refractivity contribution in [2.24, 2.45) is 0 Å². The van der Waals surface area contributed by atoms with E-state index in [0.29, 0.717) is 10.7 Å². The average Bonchev–Trinajstić information content (AvgIpc) is 2.75. The third-order valence-electron chi connectivity index (χ3n) is 5.60. The summed E-state index contributed by atoms with van der Waals surface area (Å²) in [5.74, 6) is 0. The molecule has 1 aliphatic carbocycles. The number of hydrogen-bond acceptors (Lipinski definition) is 3. The molecule has 5 nitrogen and oxygen atoms in total. The van der Waals surface area contributed by atoms with Crippen LogP contribution in [0.1, 0.15) is 31.2 Å². The van der Waals surface area contributed by atoms with Crippen LogP contribution in [0, 0.1) is 0 Å². The van der Waals surface area contributed by atoms with Crippen molar-refractivity contribution >= 4 is 39.9 Å². The number of aromatic nitrogens is 1. The molecule has 0 bridgehead atoms. The van der Waals surface area contributed by atoms with Gasteiger partial charge in [-0.2, -0.15) is 13.2 Å². The molecule has 0 radical (unpaired) electrons. The standard InChI is InChI=1S/C23H22ClF3N4O/c24-15-3-10-19-20(11-12-28-21(19)13-15)29-16-6-8-18(9-7-16)31-22(32)30-17-4-1-14(2-5-17)23(25,26)27/h1-5,10-13,16,18H,6-9H2,(H,28,29)(H2,30,31,32)/t16-,18+. The number of alkyl halides is 3. The van der Waals surface area contributed by atoms with Gasteiger partial charge in [-0.15, -0.1) is 0 Å². The Bertz CT molecular complexity index is 1100. The number of urea groups is 1. The molecule has 3 N–H and O–H groups in total. The second-order valence-electron chi connectivity index (χ2n) is 7.89. The molecule has 9 heteroatoms. The number of carbonyl (C=O) groups is 1. The van der Waals surface area contributed by atoms with Gasteiger partial charge in [-0.05, 0) is 74.2 Å². The minimum absolute atomic E-state index is 0.00971. The summed E-state index contributed by atoms with van der Waals surface area (Å²) < 4.78 is 37.9. The van der Waals surface area contributed by atoms with Gasteiger partial charge in [0.25, 0.3) is 0 Å². The van der Waals surface area contributed by atoms with Crippen LogP contribution in [0.15, 0.2) is 54.7 Å². The molecule has 0 saturated heterocycles. The lowest BCUT2D eigenvalue weighted by molar-refractivity contribution is -0.137. The molecular weight excluding hydrogens is 441 g/mol. The van der Waals surface area contributed by atoms with E-state index in [1.807, 2.05) is 24.3 Å². The van der Waals surface area contributed by atoms with E-state index in [9.17, 15) is 18.0 Å². The highest BCUT2D eigenvalue weighted by Crippen LogP contribution is 2.30. The van der Waals surface area contributed by atoms with Gasteiger partial charge in [-0.3, -0.25) is 4.98 Å². The zero-order chi connectivity index (χ0) is 22.7. The molecule has 1 heterocycles. The number of hydrogen-bond donors (Lipinski definition) is 3. The Balaban J connectivity index is 1.27. The Labute approximate surface area is 188 Å². The monoisotopic (exact) mass is 462 g/mol. The second-order valence-corrected chi connectivity index (χ2v) is 8.32. The summed E-state index contributed by atoms with van der Waals surface area (Å²) in [5.41, 5.74) is 1.40. The Kier molecular flexibility index (Phi) is 6.41. The maximum atomic E-state index is 12.6. The topological polar surface area (TPSA) is 66.1 Å². The van der Waals surface area contributed by atoms with Crippen molar-refractivity contribution in [3.8, 4) is 0 Å². The van der Waals surface area contributed by atoms with Crippen LogP contribution in [0.25, 0.3) is 10.9 Å². The Morgan fingerprint density at radius 3 is 2.34 bits per heavy atom. The molecule has 2 aromatic carbocycles. The Morgan fingerprint density at radius 2 is 1.66 bits per heavy atom. The fourth-order valence-electron chi connectivity index (χ4n) is 3.94. The van der Waals surface area contributed by atoms with Crippen molar-refractivity contribution in [1.82, 2.24) is 10.3 Å². The minimum Gasteiger partial charge on any atom is -0.382 e. The number of nitrogens with zero attached hydrogens (tertiary/aromatic N) is 1. The SMILES string of the molecule is O=C(Nc1ccc(C(F)(F)F)cc1)N[C@H]1CC[C@@H](Nc2ccnc3cc(Cl)ccc23)CC1. The maximum Gasteiger partial charge on any atom is 0.416 e. The molecular formula is C23H22ClF3N4O. The first kappa shape index (κ1) is 22.2. The summed E-state index contributed by atoms with van der Waals surface area (Å²) in [4.78, 5) is 16.6. The molecule has 4 rings (SSSR count). The van der Waals surface area contributed by atoms with Gasteiger partial charge in [0.1, 0.15) is 0 Å². The minimum atomic E-state index is -4.40. The lowest BCUT2D eigenvalue weighted by atomic mass is 9.91. The molecule has 1 saturated carbocycles. The fraction of sp³-hybridized carbons (Fsp3) is 0.304. The number of pyridine rings is 1. The molecule has 0 spiro atoms. The summed E-state index contributed by atoms with van der Waals surface area (Å²) in [6.45, 7) is 0. The molecule has 0 atom stereocenters. The Hall–Kier alpha value is -3.00. The van der Waals surface area contributed by atoms with E-state index < -0.39 is 17.8 Å². The molecule has 1 fully saturated rings. The fourth-order valence-corrected chi connectivity index (χ4v) is 4.11. The van der Waals surface area contributed by atoms with Crippen molar-refractivity contribution in [3.05, 3.63) is 65.3 Å². The molecule has 2 amide bonds. The van der Waals surface area contributed by atoms with E-state index in [2.05, 4.69) is 20.9 Å². The maximum absolute atomic E-state index is 12.6. The number of benzene rings is 2. The van der Waals surface area contributed by atoms with E-state index in [1.54, 1.807) is 6.20 Å². The summed E-state index contributed by atoms with van der Waals surface area (Å²) in [7, 11) is 0. The third kappa shape index (κ3) is 5.43. The van der Waals surface area contributed by atoms with Gasteiger partial charge < -0.3 is 16.0 Å². The number of nitrogens with one attached hydrogen (secondary N) is 3. The van der Waals surface area contributed by atoms with Crippen LogP contribution in [-0.2, 0) is 6.18 Å². The van der Waals surface area contributed by atoms with Crippen LogP contribution < -0.4 is 16.0 Å². The predicted molar refractivity (Wildman–Crippen MR) is 120 cm³/mol. The van der Waals surface area contributed by atoms with Crippen molar-refractivity contribution in [2.75, 3.05) is 10.6 Å². The van der Waals surface area contributed by atoms with E-state index in [-0.39, 0.29) is 12.1 Å². The molecule has 1 aromatic heterocycles. The summed E-state index contributed by atoms with van der Waals surface area (Å²) >= 11 is 6.05. The lowest BCUT2D eigenvalue weighted by Crippen LogP contribution is -2.42. The van der Waals surface area contributed by atoms with Gasteiger partial charge in [0.05, 0.1) is 11.1 Å². The predicted octanol–water partition coefficient (Wildman–Crippen LogP) is 6.45. The molecule has 168 valence electrons. The van der Waals surface area contributed by atoms with Crippen molar-refractivity contribution in [1.29, 1.82) is 0 Å². The van der Waals surface area contributed by atoms with Gasteiger partial charge in [-0.1, -0.05) is 11.6 Å². The average molecular weight is 463 g/mol. The quantitative estimate of drug-likeness (QED) is 0.417. The van der Waals surface area contributed by atoms with Crippen LogP contribution in [0.5, 0.6) is 0 Å². The smallest absolute Gasteiger partial charge is 0.382 e. The first-order valence-corrected chi connectivity index (χ1v) is 10.7. The molecule has 1 aliphatic rings. The van der Waals surface area contributed by atoms with Crippen molar-refractivity contribution in [3.63, 3.8) is 0 Å². The van der Waals surface area contributed by atoms with Crippen LogP contribution in [0.3, 0.4) is 0 Å². The number of fused-ring (bicyclic) bond motifs is 1. The van der Waals surface area contributed by atoms with Gasteiger partial charge in [0.15, 0.2) is 0 Å². The zero-order valence-electron chi connectivity index (χ0n) is 17.0. The highest BCUT2D eigenvalue weighted by molar-refractivity contribution is 6.31. The first-order chi connectivity index (χ1) is 15.3. The normalized spacial score (nSPS) is 18.9. The van der Waals surface area contributed by atoms with Crippen LogP contribution in [0.4, 0.5) is 29.3 Å². The molecule has 0 unspecified atom stereocenters. The van der Waals surface area contributed by atoms with E-state index in [0.717, 1.165) is 54.4 Å². The summed E-state index contributed by atoms with van der Waals surface area (Å²) in [6, 6.07) is 11.8. The third-order valence-corrected chi connectivity index (χ3v) is 5.83. The zero-order valence-corrected chi connectivity index (χ0v) is 17.8. The van der Waals surface area contributed by atoms with Crippen molar-refractivity contribution in [2.45, 2.75) is 43.9 Å². The molecule has 3 aromatic rings. The number of amides is 2. The first-order valence-electron chi connectivity index (χ1n) is 10.3. The van der Waals surface area contributed by atoms with Crippen LogP contribution in [0.2, 0.25) is 5.02 Å². The van der Waals surface area contributed by atoms with Gasteiger partial charge in [0, 0.05) is 40.1 Å². The number of halogens is 4. The highest BCUT2D eigenvalue weighted by atomic mass is 35.5.